The minimum Gasteiger partial charge on any atom is -0.462 e. The van der Waals surface area contributed by atoms with Crippen LogP contribution < -0.4 is 0 Å². The molecule has 1 fully saturated rings. The van der Waals surface area contributed by atoms with Crippen molar-refractivity contribution in [2.45, 2.75) is 141 Å². The van der Waals surface area contributed by atoms with Crippen molar-refractivity contribution >= 4 is 22.6 Å². The van der Waals surface area contributed by atoms with E-state index in [1.54, 1.807) is 0 Å². The Morgan fingerprint density at radius 1 is 0.973 bits per heavy atom. The molecule has 1 aliphatic heterocycles. The van der Waals surface area contributed by atoms with Crippen LogP contribution in [0.15, 0.2) is 23.8 Å². The van der Waals surface area contributed by atoms with Gasteiger partial charge in [0.15, 0.2) is 16.6 Å². The standard InChI is InChI=1S/C30H54O5Si2/c1-20-12-13-21-16-23(34-36(8,9)29(2,3)4)18-26(31)28(21)25(20)15-14-22-17-24(19-27(32)33-22)35-37(10,11)30(5,6)7/h12-13,16,20,22-26,28,31H,14-15,17-19H2,1-11H3/t20-,22+,23+,24+,25-,26-,28?/m0/s1. The molecule has 7 heteroatoms. The van der Waals surface area contributed by atoms with Crippen LogP contribution in [-0.4, -0.2) is 52.1 Å². The summed E-state index contributed by atoms with van der Waals surface area (Å²) in [5.74, 6) is 0.659. The molecule has 0 amide bonds. The summed E-state index contributed by atoms with van der Waals surface area (Å²) in [5.41, 5.74) is 1.21. The molecule has 1 unspecified atom stereocenters. The Morgan fingerprint density at radius 2 is 1.57 bits per heavy atom. The van der Waals surface area contributed by atoms with Gasteiger partial charge in [-0.05, 0) is 66.5 Å². The van der Waals surface area contributed by atoms with Crippen LogP contribution in [0.1, 0.15) is 80.6 Å². The number of allylic oxidation sites excluding steroid dienone is 2. The Morgan fingerprint density at radius 3 is 2.16 bits per heavy atom. The number of esters is 1. The SMILES string of the molecule is C[C@H]1C=CC2=C[C@@H](O[Si](C)(C)C(C)(C)C)C[C@H](O)C2[C@H]1CC[C@@H]1C[C@@H](O[Si](C)(C)C(C)(C)C)CC(=O)O1. The topological polar surface area (TPSA) is 65.0 Å². The highest BCUT2D eigenvalue weighted by Crippen LogP contribution is 2.45. The number of ether oxygens (including phenoxy) is 1. The van der Waals surface area contributed by atoms with Gasteiger partial charge in [0.25, 0.3) is 0 Å². The Bertz CT molecular complexity index is 879. The first-order valence-electron chi connectivity index (χ1n) is 14.4. The molecule has 1 N–H and O–H groups in total. The van der Waals surface area contributed by atoms with Gasteiger partial charge in [-0.25, -0.2) is 0 Å². The van der Waals surface area contributed by atoms with Crippen molar-refractivity contribution in [3.63, 3.8) is 0 Å². The molecule has 0 bridgehead atoms. The molecule has 1 saturated heterocycles. The molecule has 0 spiro atoms. The highest BCUT2D eigenvalue weighted by atomic mass is 28.4. The van der Waals surface area contributed by atoms with Gasteiger partial charge in [-0.15, -0.1) is 0 Å². The van der Waals surface area contributed by atoms with Crippen molar-refractivity contribution in [2.24, 2.45) is 17.8 Å². The summed E-state index contributed by atoms with van der Waals surface area (Å²) >= 11 is 0. The molecular formula is C30H54O5Si2. The van der Waals surface area contributed by atoms with Gasteiger partial charge in [-0.2, -0.15) is 0 Å². The highest BCUT2D eigenvalue weighted by Gasteiger charge is 2.45. The molecule has 7 atom stereocenters. The van der Waals surface area contributed by atoms with Crippen molar-refractivity contribution in [2.75, 3.05) is 0 Å². The summed E-state index contributed by atoms with van der Waals surface area (Å²) in [4.78, 5) is 12.5. The van der Waals surface area contributed by atoms with Crippen LogP contribution in [0.4, 0.5) is 0 Å². The van der Waals surface area contributed by atoms with Crippen molar-refractivity contribution < 1.29 is 23.5 Å². The predicted octanol–water partition coefficient (Wildman–Crippen LogP) is 7.38. The van der Waals surface area contributed by atoms with E-state index in [-0.39, 0.29) is 40.3 Å². The Hall–Kier alpha value is -0.736. The fourth-order valence-electron chi connectivity index (χ4n) is 5.60. The zero-order valence-electron chi connectivity index (χ0n) is 25.4. The van der Waals surface area contributed by atoms with Crippen LogP contribution in [0.25, 0.3) is 0 Å². The van der Waals surface area contributed by atoms with E-state index in [2.05, 4.69) is 92.9 Å². The average Bonchev–Trinajstić information content (AvgIpc) is 2.70. The number of aliphatic hydroxyl groups excluding tert-OH is 1. The zero-order chi connectivity index (χ0) is 28.0. The molecule has 0 aromatic rings. The van der Waals surface area contributed by atoms with Gasteiger partial charge < -0.3 is 18.7 Å². The van der Waals surface area contributed by atoms with Crippen molar-refractivity contribution in [1.29, 1.82) is 0 Å². The van der Waals surface area contributed by atoms with Gasteiger partial charge in [-0.1, -0.05) is 66.7 Å². The summed E-state index contributed by atoms with van der Waals surface area (Å²) in [6.45, 7) is 24.8. The number of fused-ring (bicyclic) bond motifs is 1. The van der Waals surface area contributed by atoms with Gasteiger partial charge in [0, 0.05) is 18.8 Å². The molecular weight excluding hydrogens is 496 g/mol. The summed E-state index contributed by atoms with van der Waals surface area (Å²) in [6, 6.07) is 0. The van der Waals surface area contributed by atoms with E-state index in [9.17, 15) is 9.90 Å². The summed E-state index contributed by atoms with van der Waals surface area (Å²) in [5, 5.41) is 11.6. The first-order valence-corrected chi connectivity index (χ1v) is 20.3. The third kappa shape index (κ3) is 7.27. The second kappa shape index (κ2) is 11.0. The Kier molecular flexibility index (Phi) is 9.18. The number of rotatable bonds is 7. The van der Waals surface area contributed by atoms with Gasteiger partial charge in [0.2, 0.25) is 0 Å². The highest BCUT2D eigenvalue weighted by molar-refractivity contribution is 6.74. The number of aliphatic hydroxyl groups is 1. The smallest absolute Gasteiger partial charge is 0.308 e. The van der Waals surface area contributed by atoms with E-state index in [4.69, 9.17) is 13.6 Å². The third-order valence-electron chi connectivity index (χ3n) is 9.94. The van der Waals surface area contributed by atoms with Gasteiger partial charge >= 0.3 is 5.97 Å². The van der Waals surface area contributed by atoms with Crippen LogP contribution in [0.3, 0.4) is 0 Å². The maximum absolute atomic E-state index is 12.5. The fraction of sp³-hybridized carbons (Fsp3) is 0.833. The molecule has 0 aromatic heterocycles. The second-order valence-electron chi connectivity index (χ2n) is 14.9. The zero-order valence-corrected chi connectivity index (χ0v) is 27.4. The Labute approximate surface area is 228 Å². The van der Waals surface area contributed by atoms with Crippen LogP contribution in [-0.2, 0) is 18.4 Å². The minimum atomic E-state index is -1.95. The van der Waals surface area contributed by atoms with Crippen LogP contribution in [0.2, 0.25) is 36.3 Å². The van der Waals surface area contributed by atoms with E-state index in [0.29, 0.717) is 24.7 Å². The molecule has 5 nitrogen and oxygen atoms in total. The molecule has 212 valence electrons. The minimum absolute atomic E-state index is 0.0339. The lowest BCUT2D eigenvalue weighted by molar-refractivity contribution is -0.160. The molecule has 3 aliphatic rings. The maximum Gasteiger partial charge on any atom is 0.308 e. The normalized spacial score (nSPS) is 33.6. The molecule has 0 saturated carbocycles. The fourth-order valence-corrected chi connectivity index (χ4v) is 8.24. The lowest BCUT2D eigenvalue weighted by Crippen LogP contribution is -2.48. The third-order valence-corrected chi connectivity index (χ3v) is 19.0. The quantitative estimate of drug-likeness (QED) is 0.265. The van der Waals surface area contributed by atoms with Crippen LogP contribution in [0, 0.1) is 17.8 Å². The first-order chi connectivity index (χ1) is 16.8. The molecule has 1 heterocycles. The monoisotopic (exact) mass is 550 g/mol. The van der Waals surface area contributed by atoms with Crippen molar-refractivity contribution in [3.8, 4) is 0 Å². The number of carbonyl (C=O) groups excluding carboxylic acids is 1. The largest absolute Gasteiger partial charge is 0.462 e. The van der Waals surface area contributed by atoms with E-state index in [0.717, 1.165) is 19.3 Å². The van der Waals surface area contributed by atoms with Crippen molar-refractivity contribution in [3.05, 3.63) is 23.8 Å². The molecule has 0 radical (unpaired) electrons. The summed E-state index contributed by atoms with van der Waals surface area (Å²) in [7, 11) is -3.88. The van der Waals surface area contributed by atoms with E-state index < -0.39 is 22.7 Å². The predicted molar refractivity (Wildman–Crippen MR) is 156 cm³/mol. The Balaban J connectivity index is 1.67. The maximum atomic E-state index is 12.5. The number of cyclic esters (lactones) is 1. The number of hydrogen-bond acceptors (Lipinski definition) is 5. The van der Waals surface area contributed by atoms with E-state index >= 15 is 0 Å². The molecule has 2 aliphatic carbocycles. The molecule has 3 rings (SSSR count). The lowest BCUT2D eigenvalue weighted by Gasteiger charge is -2.45. The van der Waals surface area contributed by atoms with Crippen molar-refractivity contribution in [1.82, 2.24) is 0 Å². The lowest BCUT2D eigenvalue weighted by atomic mass is 9.66. The average molecular weight is 551 g/mol. The molecule has 0 aromatic carbocycles. The number of carbonyl (C=O) groups is 1. The number of hydrogen-bond donors (Lipinski definition) is 1. The summed E-state index contributed by atoms with van der Waals surface area (Å²) in [6.07, 6.45) is 9.65. The van der Waals surface area contributed by atoms with E-state index in [1.165, 1.54) is 5.57 Å². The summed E-state index contributed by atoms with van der Waals surface area (Å²) < 4.78 is 19.1. The van der Waals surface area contributed by atoms with Gasteiger partial charge in [0.05, 0.1) is 24.7 Å². The van der Waals surface area contributed by atoms with Crippen LogP contribution in [0.5, 0.6) is 0 Å². The van der Waals surface area contributed by atoms with Gasteiger partial charge in [-0.3, -0.25) is 4.79 Å². The second-order valence-corrected chi connectivity index (χ2v) is 24.4. The van der Waals surface area contributed by atoms with Crippen LogP contribution >= 0.6 is 0 Å². The van der Waals surface area contributed by atoms with E-state index in [1.807, 2.05) is 0 Å². The van der Waals surface area contributed by atoms with Gasteiger partial charge in [0.1, 0.15) is 6.10 Å². The molecule has 37 heavy (non-hydrogen) atoms. The first kappa shape index (κ1) is 30.8.